The first-order valence-corrected chi connectivity index (χ1v) is 6.05. The molecular weight excluding hydrogens is 229 g/mol. The van der Waals surface area contributed by atoms with Crippen LogP contribution in [0.2, 0.25) is 0 Å². The number of hydrogen-bond acceptors (Lipinski definition) is 1. The second-order valence-corrected chi connectivity index (χ2v) is 4.73. The Balaban J connectivity index is 2.53. The van der Waals surface area contributed by atoms with Gasteiger partial charge in [-0.15, -0.1) is 23.2 Å². The zero-order valence-corrected chi connectivity index (χ0v) is 10.7. The van der Waals surface area contributed by atoms with Crippen LogP contribution >= 0.6 is 23.2 Å². The summed E-state index contributed by atoms with van der Waals surface area (Å²) in [5.74, 6) is 0.647. The molecule has 0 fully saturated rings. The Morgan fingerprint density at radius 1 is 1.27 bits per heavy atom. The lowest BCUT2D eigenvalue weighted by Crippen LogP contribution is -2.24. The summed E-state index contributed by atoms with van der Waals surface area (Å²) in [5.41, 5.74) is 2.43. The number of benzene rings is 1. The topological polar surface area (TPSA) is 3.24 Å². The van der Waals surface area contributed by atoms with Gasteiger partial charge in [0.05, 0.1) is 5.38 Å². The molecule has 1 rings (SSSR count). The van der Waals surface area contributed by atoms with E-state index < -0.39 is 0 Å². The van der Waals surface area contributed by atoms with Crippen LogP contribution in [-0.4, -0.2) is 30.9 Å². The van der Waals surface area contributed by atoms with Crippen molar-refractivity contribution < 1.29 is 0 Å². The van der Waals surface area contributed by atoms with E-state index in [4.69, 9.17) is 23.2 Å². The van der Waals surface area contributed by atoms with Crippen LogP contribution in [-0.2, 0) is 0 Å². The van der Waals surface area contributed by atoms with Crippen molar-refractivity contribution in [3.05, 3.63) is 35.4 Å². The van der Waals surface area contributed by atoms with Crippen LogP contribution in [0.4, 0.5) is 0 Å². The quantitative estimate of drug-likeness (QED) is 0.719. The molecule has 3 heteroatoms. The van der Waals surface area contributed by atoms with Gasteiger partial charge in [-0.25, -0.2) is 0 Å². The van der Waals surface area contributed by atoms with Crippen molar-refractivity contribution in [1.29, 1.82) is 0 Å². The Kier molecular flexibility index (Phi) is 5.44. The van der Waals surface area contributed by atoms with Crippen LogP contribution in [0.3, 0.4) is 0 Å². The van der Waals surface area contributed by atoms with E-state index in [1.807, 2.05) is 7.05 Å². The van der Waals surface area contributed by atoms with E-state index in [1.165, 1.54) is 11.1 Å². The molecule has 1 nitrogen and oxygen atoms in total. The fraction of sp³-hybridized carbons (Fsp3) is 0.500. The van der Waals surface area contributed by atoms with E-state index in [1.54, 1.807) is 0 Å². The van der Waals surface area contributed by atoms with Gasteiger partial charge in [0, 0.05) is 19.0 Å². The summed E-state index contributed by atoms with van der Waals surface area (Å²) in [6.07, 6.45) is 0. The maximum absolute atomic E-state index is 6.30. The lowest BCUT2D eigenvalue weighted by Gasteiger charge is -2.19. The van der Waals surface area contributed by atoms with E-state index in [-0.39, 0.29) is 5.38 Å². The molecule has 0 aromatic heterocycles. The van der Waals surface area contributed by atoms with E-state index in [0.29, 0.717) is 5.88 Å². The van der Waals surface area contributed by atoms with Crippen molar-refractivity contribution in [2.75, 3.05) is 26.0 Å². The normalized spacial score (nSPS) is 13.1. The highest BCUT2D eigenvalue weighted by Crippen LogP contribution is 2.21. The Morgan fingerprint density at radius 2 is 1.87 bits per heavy atom. The first-order chi connectivity index (χ1) is 7.13. The van der Waals surface area contributed by atoms with E-state index in [2.05, 4.69) is 36.1 Å². The molecule has 0 aliphatic rings. The molecule has 84 valence electrons. The number of aryl methyl sites for hydroxylation is 1. The van der Waals surface area contributed by atoms with Crippen molar-refractivity contribution in [3.8, 4) is 0 Å². The van der Waals surface area contributed by atoms with Crippen molar-refractivity contribution >= 4 is 23.2 Å². The minimum atomic E-state index is 0.0406. The minimum absolute atomic E-state index is 0.0406. The number of nitrogens with zero attached hydrogens (tertiary/aromatic N) is 1. The zero-order chi connectivity index (χ0) is 11.3. The Morgan fingerprint density at radius 3 is 2.40 bits per heavy atom. The highest BCUT2D eigenvalue weighted by molar-refractivity contribution is 6.21. The molecule has 0 heterocycles. The molecule has 0 radical (unpaired) electrons. The maximum Gasteiger partial charge on any atom is 0.0712 e. The summed E-state index contributed by atoms with van der Waals surface area (Å²) in [6.45, 7) is 3.78. The average molecular weight is 246 g/mol. The SMILES string of the molecule is Cc1ccc(C(Cl)CN(C)CCCl)cc1. The maximum atomic E-state index is 6.30. The van der Waals surface area contributed by atoms with Crippen molar-refractivity contribution in [2.45, 2.75) is 12.3 Å². The largest absolute Gasteiger partial charge is 0.303 e. The Labute approximate surface area is 102 Å². The van der Waals surface area contributed by atoms with Gasteiger partial charge in [-0.1, -0.05) is 29.8 Å². The molecule has 0 amide bonds. The van der Waals surface area contributed by atoms with Crippen molar-refractivity contribution in [3.63, 3.8) is 0 Å². The van der Waals surface area contributed by atoms with Gasteiger partial charge >= 0.3 is 0 Å². The van der Waals surface area contributed by atoms with Crippen LogP contribution in [0.15, 0.2) is 24.3 Å². The summed E-state index contributed by atoms with van der Waals surface area (Å²) >= 11 is 12.0. The van der Waals surface area contributed by atoms with Gasteiger partial charge in [0.15, 0.2) is 0 Å². The van der Waals surface area contributed by atoms with E-state index >= 15 is 0 Å². The number of hydrogen-bond donors (Lipinski definition) is 0. The molecule has 0 saturated heterocycles. The highest BCUT2D eigenvalue weighted by Gasteiger charge is 2.10. The number of rotatable bonds is 5. The number of halogens is 2. The fourth-order valence-electron chi connectivity index (χ4n) is 1.39. The molecule has 0 N–H and O–H groups in total. The lowest BCUT2D eigenvalue weighted by molar-refractivity contribution is 0.355. The molecule has 0 aliphatic carbocycles. The van der Waals surface area contributed by atoms with Gasteiger partial charge in [-0.05, 0) is 19.5 Å². The first kappa shape index (κ1) is 12.8. The smallest absolute Gasteiger partial charge is 0.0712 e. The standard InChI is InChI=1S/C12H17Cl2N/c1-10-3-5-11(6-4-10)12(14)9-15(2)8-7-13/h3-6,12H,7-9H2,1-2H3. The molecule has 0 spiro atoms. The highest BCUT2D eigenvalue weighted by atomic mass is 35.5. The molecule has 0 bridgehead atoms. The molecular formula is C12H17Cl2N. The summed E-state index contributed by atoms with van der Waals surface area (Å²) < 4.78 is 0. The van der Waals surface area contributed by atoms with Gasteiger partial charge < -0.3 is 4.90 Å². The second-order valence-electron chi connectivity index (χ2n) is 3.83. The molecule has 0 aliphatic heterocycles. The monoisotopic (exact) mass is 245 g/mol. The van der Waals surface area contributed by atoms with Crippen LogP contribution in [0.25, 0.3) is 0 Å². The van der Waals surface area contributed by atoms with Gasteiger partial charge in [0.2, 0.25) is 0 Å². The Bertz CT molecular complexity index is 284. The third kappa shape index (κ3) is 4.42. The van der Waals surface area contributed by atoms with Crippen molar-refractivity contribution in [2.24, 2.45) is 0 Å². The zero-order valence-electron chi connectivity index (χ0n) is 9.21. The summed E-state index contributed by atoms with van der Waals surface area (Å²) in [7, 11) is 2.03. The van der Waals surface area contributed by atoms with Gasteiger partial charge in [0.1, 0.15) is 0 Å². The van der Waals surface area contributed by atoms with Crippen LogP contribution < -0.4 is 0 Å². The fourth-order valence-corrected chi connectivity index (χ4v) is 2.06. The molecule has 15 heavy (non-hydrogen) atoms. The average Bonchev–Trinajstić information content (AvgIpc) is 2.18. The predicted octanol–water partition coefficient (Wildman–Crippen LogP) is 3.45. The predicted molar refractivity (Wildman–Crippen MR) is 68.0 cm³/mol. The lowest BCUT2D eigenvalue weighted by atomic mass is 10.1. The van der Waals surface area contributed by atoms with Gasteiger partial charge in [0.25, 0.3) is 0 Å². The van der Waals surface area contributed by atoms with Gasteiger partial charge in [-0.3, -0.25) is 0 Å². The second kappa shape index (κ2) is 6.37. The van der Waals surface area contributed by atoms with Crippen molar-refractivity contribution in [1.82, 2.24) is 4.90 Å². The third-order valence-electron chi connectivity index (χ3n) is 2.38. The van der Waals surface area contributed by atoms with E-state index in [0.717, 1.165) is 13.1 Å². The molecule has 1 aromatic rings. The molecule has 0 saturated carbocycles. The number of likely N-dealkylation sites (N-methyl/N-ethyl adjacent to an activating group) is 1. The molecule has 1 atom stereocenters. The first-order valence-electron chi connectivity index (χ1n) is 5.08. The van der Waals surface area contributed by atoms with Gasteiger partial charge in [-0.2, -0.15) is 0 Å². The van der Waals surface area contributed by atoms with Crippen LogP contribution in [0.5, 0.6) is 0 Å². The van der Waals surface area contributed by atoms with Crippen LogP contribution in [0.1, 0.15) is 16.5 Å². The Hall–Kier alpha value is -0.240. The molecule has 1 aromatic carbocycles. The summed E-state index contributed by atoms with van der Waals surface area (Å²) in [6, 6.07) is 8.35. The molecule has 1 unspecified atom stereocenters. The number of alkyl halides is 2. The third-order valence-corrected chi connectivity index (χ3v) is 2.94. The van der Waals surface area contributed by atoms with E-state index in [9.17, 15) is 0 Å². The summed E-state index contributed by atoms with van der Waals surface area (Å²) in [4.78, 5) is 2.14. The summed E-state index contributed by atoms with van der Waals surface area (Å²) in [5, 5.41) is 0.0406. The van der Waals surface area contributed by atoms with Crippen LogP contribution in [0, 0.1) is 6.92 Å². The minimum Gasteiger partial charge on any atom is -0.303 e.